The average molecular weight is 271 g/mol. The molecule has 1 heterocycles. The van der Waals surface area contributed by atoms with Crippen molar-refractivity contribution < 1.29 is 9.47 Å². The molecule has 0 aliphatic carbocycles. The van der Waals surface area contributed by atoms with E-state index in [9.17, 15) is 0 Å². The van der Waals surface area contributed by atoms with E-state index in [0.29, 0.717) is 5.41 Å². The van der Waals surface area contributed by atoms with Crippen LogP contribution in [-0.2, 0) is 9.47 Å². The average Bonchev–Trinajstić information content (AvgIpc) is 2.25. The fourth-order valence-corrected chi connectivity index (χ4v) is 2.35. The van der Waals surface area contributed by atoms with E-state index in [2.05, 4.69) is 46.9 Å². The van der Waals surface area contributed by atoms with Crippen molar-refractivity contribution in [1.29, 1.82) is 0 Å². The number of rotatable bonds is 5. The Labute approximate surface area is 119 Å². The van der Waals surface area contributed by atoms with Gasteiger partial charge >= 0.3 is 0 Å². The zero-order chi connectivity index (χ0) is 14.6. The molecule has 3 heteroatoms. The quantitative estimate of drug-likeness (QED) is 0.831. The number of ether oxygens (including phenoxy) is 2. The van der Waals surface area contributed by atoms with Crippen molar-refractivity contribution in [3.63, 3.8) is 0 Å². The van der Waals surface area contributed by atoms with Gasteiger partial charge in [0.1, 0.15) is 0 Å². The molecule has 0 saturated carbocycles. The molecule has 3 nitrogen and oxygen atoms in total. The molecule has 19 heavy (non-hydrogen) atoms. The van der Waals surface area contributed by atoms with E-state index in [1.807, 2.05) is 0 Å². The van der Waals surface area contributed by atoms with E-state index >= 15 is 0 Å². The number of hydrogen-bond donors (Lipinski definition) is 1. The van der Waals surface area contributed by atoms with Crippen molar-refractivity contribution in [2.75, 3.05) is 26.4 Å². The topological polar surface area (TPSA) is 30.5 Å². The summed E-state index contributed by atoms with van der Waals surface area (Å²) in [5, 5.41) is 3.67. The lowest BCUT2D eigenvalue weighted by atomic mass is 9.77. The van der Waals surface area contributed by atoms with E-state index in [1.54, 1.807) is 0 Å². The molecule has 0 radical (unpaired) electrons. The van der Waals surface area contributed by atoms with Gasteiger partial charge in [-0.05, 0) is 66.2 Å². The van der Waals surface area contributed by atoms with E-state index in [1.165, 1.54) is 0 Å². The maximum atomic E-state index is 5.92. The summed E-state index contributed by atoms with van der Waals surface area (Å²) in [7, 11) is 0. The monoisotopic (exact) mass is 271 g/mol. The molecule has 1 N–H and O–H groups in total. The molecule has 0 amide bonds. The van der Waals surface area contributed by atoms with Crippen molar-refractivity contribution in [1.82, 2.24) is 5.32 Å². The molecule has 0 atom stereocenters. The van der Waals surface area contributed by atoms with Gasteiger partial charge in [0, 0.05) is 31.9 Å². The minimum Gasteiger partial charge on any atom is -0.381 e. The van der Waals surface area contributed by atoms with Crippen LogP contribution in [0.1, 0.15) is 60.8 Å². The van der Waals surface area contributed by atoms with Crippen molar-refractivity contribution in [2.24, 2.45) is 5.41 Å². The van der Waals surface area contributed by atoms with Crippen LogP contribution in [0.4, 0.5) is 0 Å². The van der Waals surface area contributed by atoms with E-state index in [4.69, 9.17) is 9.47 Å². The van der Waals surface area contributed by atoms with Crippen molar-refractivity contribution >= 4 is 0 Å². The van der Waals surface area contributed by atoms with Crippen LogP contribution in [0.25, 0.3) is 0 Å². The molecule has 1 rings (SSSR count). The Kier molecular flexibility index (Phi) is 5.84. The fraction of sp³-hybridized carbons (Fsp3) is 1.00. The van der Waals surface area contributed by atoms with Crippen LogP contribution in [0.5, 0.6) is 0 Å². The third-order valence-corrected chi connectivity index (χ3v) is 3.71. The van der Waals surface area contributed by atoms with Crippen molar-refractivity contribution in [3.05, 3.63) is 0 Å². The summed E-state index contributed by atoms with van der Waals surface area (Å²) < 4.78 is 11.5. The van der Waals surface area contributed by atoms with Crippen LogP contribution in [-0.4, -0.2) is 37.5 Å². The SMILES string of the molecule is CC(C)(C)NCC1(CCOC(C)(C)C)CCOCC1. The normalized spacial score (nSPS) is 20.5. The molecule has 0 aromatic heterocycles. The molecular formula is C16H33NO2. The summed E-state index contributed by atoms with van der Waals surface area (Å²) >= 11 is 0. The summed E-state index contributed by atoms with van der Waals surface area (Å²) in [5.41, 5.74) is 0.483. The lowest BCUT2D eigenvalue weighted by molar-refractivity contribution is -0.0444. The molecule has 1 aliphatic heterocycles. The van der Waals surface area contributed by atoms with Gasteiger partial charge in [-0.15, -0.1) is 0 Å². The molecule has 0 unspecified atom stereocenters. The molecule has 114 valence electrons. The summed E-state index contributed by atoms with van der Waals surface area (Å²) in [5.74, 6) is 0. The van der Waals surface area contributed by atoms with Crippen molar-refractivity contribution in [2.45, 2.75) is 71.9 Å². The van der Waals surface area contributed by atoms with E-state index in [-0.39, 0.29) is 11.1 Å². The molecule has 0 bridgehead atoms. The van der Waals surface area contributed by atoms with Crippen LogP contribution in [0.2, 0.25) is 0 Å². The van der Waals surface area contributed by atoms with Gasteiger partial charge in [-0.2, -0.15) is 0 Å². The Morgan fingerprint density at radius 3 is 2.11 bits per heavy atom. The molecule has 0 aromatic rings. The van der Waals surface area contributed by atoms with Crippen LogP contribution < -0.4 is 5.32 Å². The van der Waals surface area contributed by atoms with E-state index in [0.717, 1.165) is 45.6 Å². The first kappa shape index (κ1) is 16.9. The third-order valence-electron chi connectivity index (χ3n) is 3.71. The largest absolute Gasteiger partial charge is 0.381 e. The van der Waals surface area contributed by atoms with Gasteiger partial charge in [-0.1, -0.05) is 0 Å². The van der Waals surface area contributed by atoms with Crippen LogP contribution in [0.3, 0.4) is 0 Å². The third kappa shape index (κ3) is 7.28. The molecule has 1 fully saturated rings. The minimum absolute atomic E-state index is 0.0379. The van der Waals surface area contributed by atoms with Gasteiger partial charge in [0.2, 0.25) is 0 Å². The highest BCUT2D eigenvalue weighted by Gasteiger charge is 2.33. The van der Waals surface area contributed by atoms with Gasteiger partial charge in [-0.25, -0.2) is 0 Å². The maximum Gasteiger partial charge on any atom is 0.0598 e. The molecule has 0 spiro atoms. The lowest BCUT2D eigenvalue weighted by Gasteiger charge is -2.40. The second-order valence-electron chi connectivity index (χ2n) is 7.93. The summed E-state index contributed by atoms with van der Waals surface area (Å²) in [4.78, 5) is 0. The number of hydrogen-bond acceptors (Lipinski definition) is 3. The lowest BCUT2D eigenvalue weighted by Crippen LogP contribution is -2.46. The second-order valence-corrected chi connectivity index (χ2v) is 7.93. The first-order valence-electron chi connectivity index (χ1n) is 7.59. The smallest absolute Gasteiger partial charge is 0.0598 e. The highest BCUT2D eigenvalue weighted by atomic mass is 16.5. The van der Waals surface area contributed by atoms with Crippen LogP contribution in [0.15, 0.2) is 0 Å². The number of nitrogens with one attached hydrogen (secondary N) is 1. The Balaban J connectivity index is 2.50. The second kappa shape index (κ2) is 6.55. The summed E-state index contributed by atoms with van der Waals surface area (Å²) in [6, 6.07) is 0. The zero-order valence-corrected chi connectivity index (χ0v) is 13.8. The van der Waals surface area contributed by atoms with Crippen molar-refractivity contribution in [3.8, 4) is 0 Å². The predicted octanol–water partition coefficient (Wildman–Crippen LogP) is 3.38. The van der Waals surface area contributed by atoms with E-state index < -0.39 is 0 Å². The Morgan fingerprint density at radius 2 is 1.63 bits per heavy atom. The standard InChI is InChI=1S/C16H33NO2/c1-14(2,3)17-13-16(7-10-18-11-8-16)9-12-19-15(4,5)6/h17H,7-13H2,1-6H3. The van der Waals surface area contributed by atoms with Crippen LogP contribution in [0, 0.1) is 5.41 Å². The van der Waals surface area contributed by atoms with Crippen LogP contribution >= 0.6 is 0 Å². The van der Waals surface area contributed by atoms with Gasteiger partial charge < -0.3 is 14.8 Å². The summed E-state index contributed by atoms with van der Waals surface area (Å²) in [6.07, 6.45) is 3.41. The zero-order valence-electron chi connectivity index (χ0n) is 13.8. The maximum absolute atomic E-state index is 5.92. The molecular weight excluding hydrogens is 238 g/mol. The van der Waals surface area contributed by atoms with Gasteiger partial charge in [0.15, 0.2) is 0 Å². The highest BCUT2D eigenvalue weighted by Crippen LogP contribution is 2.34. The highest BCUT2D eigenvalue weighted by molar-refractivity contribution is 4.87. The first-order chi connectivity index (χ1) is 8.62. The predicted molar refractivity (Wildman–Crippen MR) is 80.6 cm³/mol. The van der Waals surface area contributed by atoms with Gasteiger partial charge in [-0.3, -0.25) is 0 Å². The minimum atomic E-state index is -0.0379. The Morgan fingerprint density at radius 1 is 1.05 bits per heavy atom. The Hall–Kier alpha value is -0.120. The molecule has 1 saturated heterocycles. The molecule has 1 aliphatic rings. The summed E-state index contributed by atoms with van der Waals surface area (Å²) in [6.45, 7) is 16.7. The Bertz CT molecular complexity index is 257. The molecule has 0 aromatic carbocycles. The first-order valence-corrected chi connectivity index (χ1v) is 7.59. The van der Waals surface area contributed by atoms with Gasteiger partial charge in [0.05, 0.1) is 5.60 Å². The fourth-order valence-electron chi connectivity index (χ4n) is 2.35. The van der Waals surface area contributed by atoms with Gasteiger partial charge in [0.25, 0.3) is 0 Å².